The van der Waals surface area contributed by atoms with Crippen molar-refractivity contribution in [2.24, 2.45) is 11.8 Å². The third-order valence-electron chi connectivity index (χ3n) is 8.85. The van der Waals surface area contributed by atoms with Crippen molar-refractivity contribution in [2.75, 3.05) is 25.0 Å². The van der Waals surface area contributed by atoms with Crippen LogP contribution in [0.3, 0.4) is 0 Å². The van der Waals surface area contributed by atoms with E-state index < -0.39 is 17.6 Å². The molecule has 0 saturated heterocycles. The molecule has 0 amide bonds. The molecule has 1 aliphatic carbocycles. The summed E-state index contributed by atoms with van der Waals surface area (Å²) in [5.41, 5.74) is 6.41. The van der Waals surface area contributed by atoms with Crippen LogP contribution in [0.5, 0.6) is 0 Å². The number of hydrogen-bond donors (Lipinski definition) is 2. The molecule has 1 unspecified atom stereocenters. The highest BCUT2D eigenvalue weighted by Crippen LogP contribution is 2.44. The highest BCUT2D eigenvalue weighted by molar-refractivity contribution is 6.02. The molecular weight excluding hydrogens is 474 g/mol. The van der Waals surface area contributed by atoms with Gasteiger partial charge in [0.25, 0.3) is 0 Å². The number of rotatable bonds is 4. The first kappa shape index (κ1) is 24.1. The molecule has 1 fully saturated rings. The molecule has 1 aromatic carbocycles. The van der Waals surface area contributed by atoms with Crippen LogP contribution in [-0.4, -0.2) is 52.1 Å². The van der Waals surface area contributed by atoms with Gasteiger partial charge in [-0.3, -0.25) is 9.69 Å². The Morgan fingerprint density at radius 1 is 1.16 bits per heavy atom. The summed E-state index contributed by atoms with van der Waals surface area (Å²) >= 11 is 0. The molecule has 2 aliphatic heterocycles. The number of H-pyrrole nitrogens is 1. The first-order valence-electron chi connectivity index (χ1n) is 13.2. The number of carbonyl (C=O) groups is 1. The van der Waals surface area contributed by atoms with Gasteiger partial charge >= 0.3 is 5.97 Å². The number of aromatic nitrogens is 2. The Morgan fingerprint density at radius 2 is 1.92 bits per heavy atom. The molecule has 1 saturated carbocycles. The van der Waals surface area contributed by atoms with Gasteiger partial charge in [0, 0.05) is 72.9 Å². The fourth-order valence-electron chi connectivity index (χ4n) is 6.64. The topological polar surface area (TPSA) is 72.5 Å². The number of benzene rings is 1. The first-order valence-corrected chi connectivity index (χ1v) is 13.2. The third kappa shape index (κ3) is 4.11. The number of aliphatic carboxylic acids is 1. The lowest BCUT2D eigenvalue weighted by molar-refractivity contribution is -0.143. The van der Waals surface area contributed by atoms with Crippen LogP contribution in [-0.2, 0) is 11.3 Å². The summed E-state index contributed by atoms with van der Waals surface area (Å²) < 4.78 is 28.4. The number of aromatic amines is 1. The molecule has 6 nitrogen and oxygen atoms in total. The van der Waals surface area contributed by atoms with Gasteiger partial charge < -0.3 is 15.0 Å². The number of nitrogens with zero attached hydrogens (tertiary/aromatic N) is 3. The zero-order chi connectivity index (χ0) is 25.8. The van der Waals surface area contributed by atoms with E-state index in [4.69, 9.17) is 0 Å². The number of carboxylic acids is 1. The van der Waals surface area contributed by atoms with Crippen LogP contribution in [0.15, 0.2) is 30.5 Å². The number of nitrogens with one attached hydrogen (secondary N) is 1. The summed E-state index contributed by atoms with van der Waals surface area (Å²) in [4.78, 5) is 24.0. The van der Waals surface area contributed by atoms with E-state index >= 15 is 0 Å². The van der Waals surface area contributed by atoms with Crippen molar-refractivity contribution in [3.05, 3.63) is 53.4 Å². The van der Waals surface area contributed by atoms with Crippen molar-refractivity contribution < 1.29 is 18.7 Å². The molecule has 0 bridgehead atoms. The summed E-state index contributed by atoms with van der Waals surface area (Å²) in [5, 5.41) is 10.3. The van der Waals surface area contributed by atoms with Crippen LogP contribution in [0.2, 0.25) is 0 Å². The smallest absolute Gasteiger partial charge is 0.306 e. The van der Waals surface area contributed by atoms with Crippen molar-refractivity contribution in [1.29, 1.82) is 0 Å². The second-order valence-electron chi connectivity index (χ2n) is 10.9. The molecule has 2 aromatic heterocycles. The minimum atomic E-state index is -0.849. The van der Waals surface area contributed by atoms with E-state index in [9.17, 15) is 18.7 Å². The van der Waals surface area contributed by atoms with E-state index in [1.165, 1.54) is 17.7 Å². The second-order valence-corrected chi connectivity index (χ2v) is 10.9. The molecule has 8 heteroatoms. The molecule has 0 spiro atoms. The molecule has 194 valence electrons. The van der Waals surface area contributed by atoms with Gasteiger partial charge in [0.15, 0.2) is 11.6 Å². The van der Waals surface area contributed by atoms with Crippen LogP contribution >= 0.6 is 0 Å². The summed E-state index contributed by atoms with van der Waals surface area (Å²) in [6, 6.07) is 4.97. The monoisotopic (exact) mass is 506 g/mol. The van der Waals surface area contributed by atoms with Crippen molar-refractivity contribution in [3.8, 4) is 11.1 Å². The highest BCUT2D eigenvalue weighted by atomic mass is 19.2. The predicted octanol–water partition coefficient (Wildman–Crippen LogP) is 5.83. The second kappa shape index (κ2) is 9.24. The lowest BCUT2D eigenvalue weighted by Crippen LogP contribution is -2.41. The summed E-state index contributed by atoms with van der Waals surface area (Å²) in [6.45, 7) is 4.22. The molecule has 3 aliphatic rings. The van der Waals surface area contributed by atoms with Gasteiger partial charge in [-0.1, -0.05) is 13.0 Å². The van der Waals surface area contributed by atoms with Crippen LogP contribution < -0.4 is 4.90 Å². The molecule has 3 aromatic rings. The molecule has 0 radical (unpaired) electrons. The maximum absolute atomic E-state index is 14.3. The summed E-state index contributed by atoms with van der Waals surface area (Å²) in [5.74, 6) is -2.37. The van der Waals surface area contributed by atoms with E-state index in [0.29, 0.717) is 23.8 Å². The van der Waals surface area contributed by atoms with Crippen molar-refractivity contribution in [3.63, 3.8) is 0 Å². The normalized spacial score (nSPS) is 22.9. The minimum Gasteiger partial charge on any atom is -0.481 e. The number of halogens is 2. The Labute approximate surface area is 215 Å². The average molecular weight is 507 g/mol. The van der Waals surface area contributed by atoms with E-state index in [0.717, 1.165) is 73.0 Å². The highest BCUT2D eigenvalue weighted by Gasteiger charge is 2.33. The largest absolute Gasteiger partial charge is 0.481 e. The van der Waals surface area contributed by atoms with E-state index in [2.05, 4.69) is 20.9 Å². The lowest BCUT2D eigenvalue weighted by atomic mass is 9.78. The fraction of sp³-hybridized carbons (Fsp3) is 0.448. The van der Waals surface area contributed by atoms with E-state index in [-0.39, 0.29) is 11.8 Å². The maximum Gasteiger partial charge on any atom is 0.306 e. The Balaban J connectivity index is 1.27. The van der Waals surface area contributed by atoms with Gasteiger partial charge in [0.2, 0.25) is 0 Å². The average Bonchev–Trinajstić information content (AvgIpc) is 3.22. The van der Waals surface area contributed by atoms with E-state index in [1.807, 2.05) is 24.9 Å². The summed E-state index contributed by atoms with van der Waals surface area (Å²) in [7, 11) is 1.91. The molecule has 6 rings (SSSR count). The van der Waals surface area contributed by atoms with Gasteiger partial charge in [0.05, 0.1) is 5.92 Å². The van der Waals surface area contributed by atoms with Crippen molar-refractivity contribution in [1.82, 2.24) is 14.9 Å². The van der Waals surface area contributed by atoms with Gasteiger partial charge in [0.1, 0.15) is 5.65 Å². The lowest BCUT2D eigenvalue weighted by Gasteiger charge is -2.39. The number of hydrogen-bond acceptors (Lipinski definition) is 4. The SMILES string of the molecule is CC(C(=O)O)[C@H]1CC[C@H](N2CC=C(c3[nH]c4nccc5c4c3CN(C)c3cc(F)c(F)cc3-5)CC2)CC1. The van der Waals surface area contributed by atoms with Crippen LogP contribution in [0.4, 0.5) is 14.5 Å². The van der Waals surface area contributed by atoms with Gasteiger partial charge in [-0.2, -0.15) is 0 Å². The first-order chi connectivity index (χ1) is 17.8. The van der Waals surface area contributed by atoms with Gasteiger partial charge in [-0.05, 0) is 61.3 Å². The Hall–Kier alpha value is -3.26. The molecule has 37 heavy (non-hydrogen) atoms. The number of fused-ring (bicyclic) bond motifs is 2. The Bertz CT molecular complexity index is 1410. The quantitative estimate of drug-likeness (QED) is 0.466. The molecule has 1 atom stereocenters. The standard InChI is InChI=1S/C29H32F2N4O2/c1-16(29(36)37)17-3-5-19(6-4-17)35-11-8-18(9-12-35)27-22-15-34(2)25-14-24(31)23(30)13-21(25)20-7-10-32-28(33-27)26(20)22/h7-8,10,13-14,16-17,19H,3-6,9,11-12,15H2,1-2H3,(H,32,33)(H,36,37)/t16?,17-,19-. The zero-order valence-corrected chi connectivity index (χ0v) is 21.2. The third-order valence-corrected chi connectivity index (χ3v) is 8.85. The van der Waals surface area contributed by atoms with Crippen molar-refractivity contribution in [2.45, 2.75) is 51.6 Å². The van der Waals surface area contributed by atoms with Crippen LogP contribution in [0, 0.1) is 23.5 Å². The number of pyridine rings is 1. The molecule has 2 N–H and O–H groups in total. The van der Waals surface area contributed by atoms with Gasteiger partial charge in [-0.25, -0.2) is 13.8 Å². The van der Waals surface area contributed by atoms with Crippen LogP contribution in [0.1, 0.15) is 50.3 Å². The zero-order valence-electron chi connectivity index (χ0n) is 21.2. The van der Waals surface area contributed by atoms with Gasteiger partial charge in [-0.15, -0.1) is 0 Å². The van der Waals surface area contributed by atoms with Crippen molar-refractivity contribution >= 4 is 28.3 Å². The maximum atomic E-state index is 14.3. The Kier molecular flexibility index (Phi) is 6.02. The summed E-state index contributed by atoms with van der Waals surface area (Å²) in [6.07, 6.45) is 8.96. The van der Waals surface area contributed by atoms with E-state index in [1.54, 1.807) is 6.20 Å². The number of carboxylic acid groups (broad SMARTS) is 1. The number of anilines is 1. The minimum absolute atomic E-state index is 0.271. The molecule has 4 heterocycles. The fourth-order valence-corrected chi connectivity index (χ4v) is 6.64. The molecular formula is C29H32F2N4O2. The Morgan fingerprint density at radius 3 is 2.62 bits per heavy atom. The van der Waals surface area contributed by atoms with Crippen LogP contribution in [0.25, 0.3) is 27.7 Å². The predicted molar refractivity (Wildman–Crippen MR) is 140 cm³/mol.